The molecule has 1 amide bonds. The topological polar surface area (TPSA) is 72.2 Å². The minimum atomic E-state index is -0.450. The van der Waals surface area contributed by atoms with Gasteiger partial charge in [-0.05, 0) is 13.0 Å². The zero-order valence-corrected chi connectivity index (χ0v) is 12.3. The molecule has 0 bridgehead atoms. The fourth-order valence-electron chi connectivity index (χ4n) is 1.43. The lowest BCUT2D eigenvalue weighted by Gasteiger charge is -2.17. The molecule has 1 rings (SSSR count). The van der Waals surface area contributed by atoms with Gasteiger partial charge in [0.25, 0.3) is 5.69 Å². The minimum Gasteiger partial charge on any atom is -0.325 e. The average Bonchev–Trinajstić information content (AvgIpc) is 2.28. The Hall–Kier alpha value is -1.56. The highest BCUT2D eigenvalue weighted by Crippen LogP contribution is 2.26. The molecule has 19 heavy (non-hydrogen) atoms. The summed E-state index contributed by atoms with van der Waals surface area (Å²) in [6, 6.07) is 4.66. The SMILES string of the molecule is Cc1c(NC(=O)CSC(C)(C)C)cccc1[N+](=O)[O-]. The van der Waals surface area contributed by atoms with E-state index >= 15 is 0 Å². The first-order chi connectivity index (χ1) is 8.70. The van der Waals surface area contributed by atoms with Crippen LogP contribution in [0.25, 0.3) is 0 Å². The zero-order chi connectivity index (χ0) is 14.6. The van der Waals surface area contributed by atoms with E-state index in [-0.39, 0.29) is 16.3 Å². The first-order valence-corrected chi connectivity index (χ1v) is 6.87. The summed E-state index contributed by atoms with van der Waals surface area (Å²) in [7, 11) is 0. The predicted octanol–water partition coefficient (Wildman–Crippen LogP) is 3.37. The second-order valence-electron chi connectivity index (χ2n) is 5.16. The van der Waals surface area contributed by atoms with E-state index in [1.54, 1.807) is 19.1 Å². The van der Waals surface area contributed by atoms with Crippen molar-refractivity contribution in [2.75, 3.05) is 11.1 Å². The largest absolute Gasteiger partial charge is 0.325 e. The molecule has 1 aromatic carbocycles. The molecule has 6 heteroatoms. The van der Waals surface area contributed by atoms with Gasteiger partial charge in [-0.15, -0.1) is 11.8 Å². The molecule has 0 aliphatic carbocycles. The number of anilines is 1. The fourth-order valence-corrected chi connectivity index (χ4v) is 2.06. The van der Waals surface area contributed by atoms with Crippen LogP contribution in [0, 0.1) is 17.0 Å². The molecule has 0 heterocycles. The van der Waals surface area contributed by atoms with E-state index < -0.39 is 4.92 Å². The summed E-state index contributed by atoms with van der Waals surface area (Å²) < 4.78 is 0.00900. The molecule has 0 spiro atoms. The summed E-state index contributed by atoms with van der Waals surface area (Å²) >= 11 is 1.53. The maximum Gasteiger partial charge on any atom is 0.274 e. The van der Waals surface area contributed by atoms with Crippen LogP contribution >= 0.6 is 11.8 Å². The van der Waals surface area contributed by atoms with E-state index in [2.05, 4.69) is 5.32 Å². The van der Waals surface area contributed by atoms with Gasteiger partial charge in [-0.25, -0.2) is 0 Å². The Balaban J connectivity index is 2.75. The van der Waals surface area contributed by atoms with Gasteiger partial charge in [0, 0.05) is 10.8 Å². The van der Waals surface area contributed by atoms with Crippen molar-refractivity contribution >= 4 is 29.0 Å². The number of carbonyl (C=O) groups excluding carboxylic acids is 1. The predicted molar refractivity (Wildman–Crippen MR) is 78.7 cm³/mol. The van der Waals surface area contributed by atoms with E-state index in [0.717, 1.165) is 0 Å². The highest BCUT2D eigenvalue weighted by atomic mass is 32.2. The Morgan fingerprint density at radius 2 is 2.05 bits per heavy atom. The van der Waals surface area contributed by atoms with Crippen molar-refractivity contribution in [3.63, 3.8) is 0 Å². The van der Waals surface area contributed by atoms with Gasteiger partial charge in [0.05, 0.1) is 21.9 Å². The monoisotopic (exact) mass is 282 g/mol. The van der Waals surface area contributed by atoms with E-state index in [4.69, 9.17) is 0 Å². The standard InChI is InChI=1S/C13H18N2O3S/c1-9-10(6-5-7-11(9)15(17)18)14-12(16)8-19-13(2,3)4/h5-7H,8H2,1-4H3,(H,14,16). The Labute approximate surface area is 116 Å². The van der Waals surface area contributed by atoms with E-state index in [1.807, 2.05) is 20.8 Å². The molecular weight excluding hydrogens is 264 g/mol. The molecule has 0 saturated carbocycles. The van der Waals surface area contributed by atoms with Crippen LogP contribution in [0.15, 0.2) is 18.2 Å². The number of nitro benzene ring substituents is 1. The molecule has 104 valence electrons. The number of nitrogens with one attached hydrogen (secondary N) is 1. The third-order valence-corrected chi connectivity index (χ3v) is 3.68. The fraction of sp³-hybridized carbons (Fsp3) is 0.462. The summed E-state index contributed by atoms with van der Waals surface area (Å²) in [5, 5.41) is 13.5. The lowest BCUT2D eigenvalue weighted by atomic mass is 10.1. The molecule has 5 nitrogen and oxygen atoms in total. The molecule has 0 radical (unpaired) electrons. The summed E-state index contributed by atoms with van der Waals surface area (Å²) in [6.45, 7) is 7.72. The van der Waals surface area contributed by atoms with Crippen LogP contribution in [-0.2, 0) is 4.79 Å². The van der Waals surface area contributed by atoms with Crippen molar-refractivity contribution in [1.29, 1.82) is 0 Å². The van der Waals surface area contributed by atoms with Crippen molar-refractivity contribution in [2.45, 2.75) is 32.4 Å². The van der Waals surface area contributed by atoms with Crippen LogP contribution in [0.4, 0.5) is 11.4 Å². The van der Waals surface area contributed by atoms with Crippen LogP contribution in [0.2, 0.25) is 0 Å². The highest BCUT2D eigenvalue weighted by Gasteiger charge is 2.16. The lowest BCUT2D eigenvalue weighted by Crippen LogP contribution is -2.19. The molecule has 0 aliphatic heterocycles. The minimum absolute atomic E-state index is 0.00900. The van der Waals surface area contributed by atoms with Gasteiger partial charge in [0.2, 0.25) is 5.91 Å². The summed E-state index contributed by atoms with van der Waals surface area (Å²) in [4.78, 5) is 22.1. The van der Waals surface area contributed by atoms with Gasteiger partial charge in [-0.1, -0.05) is 26.8 Å². The summed E-state index contributed by atoms with van der Waals surface area (Å²) in [5.41, 5.74) is 0.983. The third kappa shape index (κ3) is 4.90. The zero-order valence-electron chi connectivity index (χ0n) is 11.5. The van der Waals surface area contributed by atoms with Crippen molar-refractivity contribution < 1.29 is 9.72 Å². The number of nitro groups is 1. The second kappa shape index (κ2) is 6.06. The maximum absolute atomic E-state index is 11.8. The van der Waals surface area contributed by atoms with Crippen LogP contribution < -0.4 is 5.32 Å². The summed E-state index contributed by atoms with van der Waals surface area (Å²) in [5.74, 6) is 0.176. The molecule has 0 fully saturated rings. The first kappa shape index (κ1) is 15.5. The van der Waals surface area contributed by atoms with Crippen LogP contribution in [-0.4, -0.2) is 21.3 Å². The van der Waals surface area contributed by atoms with Crippen molar-refractivity contribution in [1.82, 2.24) is 0 Å². The Bertz CT molecular complexity index is 495. The van der Waals surface area contributed by atoms with Crippen molar-refractivity contribution in [3.05, 3.63) is 33.9 Å². The van der Waals surface area contributed by atoms with Gasteiger partial charge >= 0.3 is 0 Å². The van der Waals surface area contributed by atoms with Crippen molar-refractivity contribution in [2.24, 2.45) is 0 Å². The highest BCUT2D eigenvalue weighted by molar-refractivity contribution is 8.01. The average molecular weight is 282 g/mol. The number of nitrogens with zero attached hydrogens (tertiary/aromatic N) is 1. The molecule has 0 aromatic heterocycles. The number of rotatable bonds is 4. The normalized spacial score (nSPS) is 11.2. The van der Waals surface area contributed by atoms with E-state index in [1.165, 1.54) is 17.8 Å². The van der Waals surface area contributed by atoms with E-state index in [9.17, 15) is 14.9 Å². The molecule has 1 aromatic rings. The maximum atomic E-state index is 11.8. The number of hydrogen-bond donors (Lipinski definition) is 1. The molecule has 0 atom stereocenters. The Kier molecular flexibility index (Phi) is 4.94. The molecule has 1 N–H and O–H groups in total. The van der Waals surface area contributed by atoms with E-state index in [0.29, 0.717) is 17.0 Å². The smallest absolute Gasteiger partial charge is 0.274 e. The van der Waals surface area contributed by atoms with Crippen molar-refractivity contribution in [3.8, 4) is 0 Å². The quantitative estimate of drug-likeness (QED) is 0.678. The number of hydrogen-bond acceptors (Lipinski definition) is 4. The Morgan fingerprint density at radius 1 is 1.42 bits per heavy atom. The van der Waals surface area contributed by atoms with Gasteiger partial charge in [0.1, 0.15) is 0 Å². The van der Waals surface area contributed by atoms with Gasteiger partial charge in [-0.2, -0.15) is 0 Å². The van der Waals surface area contributed by atoms with Crippen LogP contribution in [0.5, 0.6) is 0 Å². The third-order valence-electron chi connectivity index (χ3n) is 2.41. The molecule has 0 unspecified atom stereocenters. The van der Waals surface area contributed by atoms with Gasteiger partial charge in [-0.3, -0.25) is 14.9 Å². The van der Waals surface area contributed by atoms with Crippen LogP contribution in [0.3, 0.4) is 0 Å². The lowest BCUT2D eigenvalue weighted by molar-refractivity contribution is -0.385. The number of carbonyl (C=O) groups is 1. The number of benzene rings is 1. The van der Waals surface area contributed by atoms with Gasteiger partial charge in [0.15, 0.2) is 0 Å². The summed E-state index contributed by atoms with van der Waals surface area (Å²) in [6.07, 6.45) is 0. The van der Waals surface area contributed by atoms with Crippen LogP contribution in [0.1, 0.15) is 26.3 Å². The Morgan fingerprint density at radius 3 is 2.58 bits per heavy atom. The number of amides is 1. The molecule has 0 saturated heterocycles. The molecule has 0 aliphatic rings. The first-order valence-electron chi connectivity index (χ1n) is 5.88. The molecular formula is C13H18N2O3S. The van der Waals surface area contributed by atoms with Gasteiger partial charge < -0.3 is 5.32 Å². The number of thioether (sulfide) groups is 1. The second-order valence-corrected chi connectivity index (χ2v) is 6.96.